The van der Waals surface area contributed by atoms with Gasteiger partial charge in [-0.3, -0.25) is 14.5 Å². The van der Waals surface area contributed by atoms with Crippen LogP contribution in [0.4, 0.5) is 5.13 Å². The third-order valence-electron chi connectivity index (χ3n) is 4.30. The molecule has 2 aliphatic rings. The van der Waals surface area contributed by atoms with Gasteiger partial charge in [0.2, 0.25) is 0 Å². The Morgan fingerprint density at radius 3 is 2.90 bits per heavy atom. The van der Waals surface area contributed by atoms with Gasteiger partial charge in [-0.2, -0.15) is 11.8 Å². The number of β-lactam (4-membered cyclic amide) rings is 1. The van der Waals surface area contributed by atoms with Gasteiger partial charge in [0.15, 0.2) is 10.8 Å². The van der Waals surface area contributed by atoms with E-state index in [0.717, 1.165) is 16.2 Å². The van der Waals surface area contributed by atoms with E-state index < -0.39 is 29.2 Å². The Kier molecular flexibility index (Phi) is 7.23. The fourth-order valence-electron chi connectivity index (χ4n) is 2.88. The molecule has 1 aromatic heterocycles. The summed E-state index contributed by atoms with van der Waals surface area (Å²) < 4.78 is 0. The van der Waals surface area contributed by atoms with Crippen molar-refractivity contribution in [3.8, 4) is 0 Å². The van der Waals surface area contributed by atoms with Crippen LogP contribution in [0, 0.1) is 0 Å². The average Bonchev–Trinajstić information content (AvgIpc) is 3.16. The van der Waals surface area contributed by atoms with Gasteiger partial charge in [0, 0.05) is 23.4 Å². The second kappa shape index (κ2) is 9.68. The Labute approximate surface area is 184 Å². The van der Waals surface area contributed by atoms with E-state index in [9.17, 15) is 19.5 Å². The maximum atomic E-state index is 12.8. The molecule has 162 valence electrons. The zero-order valence-electron chi connectivity index (χ0n) is 15.9. The smallest absolute Gasteiger partial charge is 0.352 e. The molecule has 1 saturated heterocycles. The molecule has 1 fully saturated rings. The molecule has 2 amide bonds. The Morgan fingerprint density at radius 2 is 2.30 bits per heavy atom. The molecule has 0 aromatic carbocycles. The van der Waals surface area contributed by atoms with Crippen LogP contribution in [0.1, 0.15) is 5.69 Å². The zero-order chi connectivity index (χ0) is 21.8. The number of aliphatic carboxylic acids is 1. The number of thioether (sulfide) groups is 2. The second-order valence-electron chi connectivity index (χ2n) is 6.16. The number of carboxylic acid groups (broad SMARTS) is 1. The summed E-state index contributed by atoms with van der Waals surface area (Å²) in [6.45, 7) is 0.332. The number of aromatic nitrogens is 1. The van der Waals surface area contributed by atoms with Gasteiger partial charge < -0.3 is 26.7 Å². The summed E-state index contributed by atoms with van der Waals surface area (Å²) in [5, 5.41) is 17.2. The SMILES string of the molecule is CSCCON=C(C(=O)NC1C(=O)N2C(C(=O)O)=C(CN)CS[C@@H]12)c1csc(N)n1. The molecule has 0 bridgehead atoms. The quantitative estimate of drug-likeness (QED) is 0.159. The van der Waals surface area contributed by atoms with Gasteiger partial charge in [0.1, 0.15) is 29.4 Å². The molecule has 3 heterocycles. The topological polar surface area (TPSA) is 173 Å². The molecule has 1 unspecified atom stereocenters. The lowest BCUT2D eigenvalue weighted by atomic mass is 10.0. The van der Waals surface area contributed by atoms with E-state index >= 15 is 0 Å². The summed E-state index contributed by atoms with van der Waals surface area (Å²) in [5.41, 5.74) is 11.8. The molecule has 2 aliphatic heterocycles. The van der Waals surface area contributed by atoms with Gasteiger partial charge in [0.05, 0.1) is 0 Å². The maximum absolute atomic E-state index is 12.8. The van der Waals surface area contributed by atoms with E-state index in [2.05, 4.69) is 15.5 Å². The lowest BCUT2D eigenvalue weighted by Crippen LogP contribution is -2.71. The van der Waals surface area contributed by atoms with E-state index in [0.29, 0.717) is 23.7 Å². The highest BCUT2D eigenvalue weighted by atomic mass is 32.2. The number of carboxylic acids is 1. The van der Waals surface area contributed by atoms with Crippen molar-refractivity contribution >= 4 is 63.5 Å². The van der Waals surface area contributed by atoms with E-state index in [1.807, 2.05) is 6.26 Å². The first-order valence-corrected chi connectivity index (χ1v) is 12.0. The number of hydrogen-bond acceptors (Lipinski definition) is 11. The van der Waals surface area contributed by atoms with E-state index in [1.165, 1.54) is 11.8 Å². The van der Waals surface area contributed by atoms with Crippen molar-refractivity contribution in [1.29, 1.82) is 0 Å². The Morgan fingerprint density at radius 1 is 1.53 bits per heavy atom. The number of carbonyl (C=O) groups excluding carboxylic acids is 2. The highest BCUT2D eigenvalue weighted by Gasteiger charge is 2.54. The van der Waals surface area contributed by atoms with Crippen molar-refractivity contribution < 1.29 is 24.3 Å². The number of carbonyl (C=O) groups is 3. The molecule has 0 aliphatic carbocycles. The third-order valence-corrected chi connectivity index (χ3v) is 6.89. The number of anilines is 1. The minimum absolute atomic E-state index is 0.0393. The monoisotopic (exact) mass is 472 g/mol. The van der Waals surface area contributed by atoms with Crippen LogP contribution in [0.3, 0.4) is 0 Å². The number of nitrogens with zero attached hydrogens (tertiary/aromatic N) is 3. The Bertz CT molecular complexity index is 917. The minimum Gasteiger partial charge on any atom is -0.477 e. The Balaban J connectivity index is 1.76. The van der Waals surface area contributed by atoms with Crippen LogP contribution in [0.2, 0.25) is 0 Å². The number of hydrogen-bond donors (Lipinski definition) is 4. The highest BCUT2D eigenvalue weighted by Crippen LogP contribution is 2.40. The first-order chi connectivity index (χ1) is 14.4. The van der Waals surface area contributed by atoms with Crippen LogP contribution in [0.15, 0.2) is 21.8 Å². The number of oxime groups is 1. The number of rotatable bonds is 9. The molecule has 0 radical (unpaired) electrons. The molecular weight excluding hydrogens is 452 g/mol. The largest absolute Gasteiger partial charge is 0.477 e. The van der Waals surface area contributed by atoms with Gasteiger partial charge in [0.25, 0.3) is 11.8 Å². The normalized spacial score (nSPS) is 21.2. The first-order valence-electron chi connectivity index (χ1n) is 8.70. The van der Waals surface area contributed by atoms with Crippen molar-refractivity contribution in [2.24, 2.45) is 10.9 Å². The van der Waals surface area contributed by atoms with Crippen LogP contribution in [0.25, 0.3) is 0 Å². The second-order valence-corrected chi connectivity index (χ2v) is 9.14. The maximum Gasteiger partial charge on any atom is 0.352 e. The number of nitrogens with one attached hydrogen (secondary N) is 1. The van der Waals surface area contributed by atoms with Crippen LogP contribution in [-0.4, -0.2) is 80.8 Å². The first kappa shape index (κ1) is 22.4. The molecule has 0 spiro atoms. The zero-order valence-corrected chi connectivity index (χ0v) is 18.3. The van der Waals surface area contributed by atoms with Crippen LogP contribution in [-0.2, 0) is 19.2 Å². The summed E-state index contributed by atoms with van der Waals surface area (Å²) >= 11 is 4.04. The average molecular weight is 473 g/mol. The van der Waals surface area contributed by atoms with Gasteiger partial charge in [-0.15, -0.1) is 23.1 Å². The molecule has 2 atom stereocenters. The standard InChI is InChI=1S/C16H20N6O5S3/c1-28-3-2-27-21-9(8-6-30-16(18)19-8)12(23)20-10-13(24)22-11(15(25)26)7(4-17)5-29-14(10)22/h6,10,14H,2-5,17H2,1H3,(H2,18,19)(H,20,23)(H,25,26)/t10?,14-/m0/s1. The fourth-order valence-corrected chi connectivity index (χ4v) is 5.03. The Hall–Kier alpha value is -2.29. The van der Waals surface area contributed by atoms with Crippen molar-refractivity contribution in [1.82, 2.24) is 15.2 Å². The van der Waals surface area contributed by atoms with E-state index in [4.69, 9.17) is 16.3 Å². The van der Waals surface area contributed by atoms with Gasteiger partial charge in [-0.05, 0) is 11.8 Å². The van der Waals surface area contributed by atoms with Gasteiger partial charge in [-0.1, -0.05) is 5.16 Å². The van der Waals surface area contributed by atoms with Crippen LogP contribution in [0.5, 0.6) is 0 Å². The molecule has 6 N–H and O–H groups in total. The van der Waals surface area contributed by atoms with E-state index in [1.54, 1.807) is 17.1 Å². The van der Waals surface area contributed by atoms with Gasteiger partial charge in [-0.25, -0.2) is 9.78 Å². The minimum atomic E-state index is -1.22. The lowest BCUT2D eigenvalue weighted by molar-refractivity contribution is -0.150. The predicted octanol–water partition coefficient (Wildman–Crippen LogP) is -0.494. The fraction of sp³-hybridized carbons (Fsp3) is 0.438. The highest BCUT2D eigenvalue weighted by molar-refractivity contribution is 8.00. The molecule has 11 nitrogen and oxygen atoms in total. The predicted molar refractivity (Wildman–Crippen MR) is 116 cm³/mol. The van der Waals surface area contributed by atoms with Crippen LogP contribution >= 0.6 is 34.9 Å². The lowest BCUT2D eigenvalue weighted by Gasteiger charge is -2.49. The van der Waals surface area contributed by atoms with Crippen LogP contribution < -0.4 is 16.8 Å². The molecular formula is C16H20N6O5S3. The molecule has 3 rings (SSSR count). The number of amides is 2. The van der Waals surface area contributed by atoms with Crippen molar-refractivity contribution in [3.05, 3.63) is 22.3 Å². The number of fused-ring (bicyclic) bond motifs is 1. The summed E-state index contributed by atoms with van der Waals surface area (Å²) in [6, 6.07) is -0.899. The van der Waals surface area contributed by atoms with Crippen molar-refractivity contribution in [2.45, 2.75) is 11.4 Å². The number of nitrogen functional groups attached to an aromatic ring is 1. The third kappa shape index (κ3) is 4.40. The van der Waals surface area contributed by atoms with E-state index in [-0.39, 0.29) is 28.8 Å². The number of nitrogens with two attached hydrogens (primary N) is 2. The summed E-state index contributed by atoms with van der Waals surface area (Å²) in [7, 11) is 0. The molecule has 1 aromatic rings. The molecule has 0 saturated carbocycles. The summed E-state index contributed by atoms with van der Waals surface area (Å²) in [5.74, 6) is -1.36. The molecule has 30 heavy (non-hydrogen) atoms. The number of thiazole rings is 1. The summed E-state index contributed by atoms with van der Waals surface area (Å²) in [6.07, 6.45) is 1.91. The van der Waals surface area contributed by atoms with Crippen molar-refractivity contribution in [3.63, 3.8) is 0 Å². The van der Waals surface area contributed by atoms with Crippen molar-refractivity contribution in [2.75, 3.05) is 36.6 Å². The summed E-state index contributed by atoms with van der Waals surface area (Å²) in [4.78, 5) is 47.5. The molecule has 14 heteroatoms. The van der Waals surface area contributed by atoms with Gasteiger partial charge >= 0.3 is 5.97 Å².